The van der Waals surface area contributed by atoms with Gasteiger partial charge in [0, 0.05) is 11.0 Å². The molecule has 2 atom stereocenters. The largest absolute Gasteiger partial charge is 0.377 e. The zero-order chi connectivity index (χ0) is 39.9. The standard InChI is InChI=1S/C55H42O4/c1-52(2,3)55(37-19-5-4-6-20-37)58-50(53(56)42-29-25-33-15-7-11-21-38(33)46(42)47-39-22-12-8-16-34(39)26-30-43(47)53)51(59-55)54(57)44-31-27-35-17-9-13-23-40(35)48(44)49-41-24-14-10-18-36(41)28-32-45(49)54/h4-32,50-51,56-57H,1-3H3/t50-,51-/m1/s1. The maximum Gasteiger partial charge on any atom is 0.200 e. The van der Waals surface area contributed by atoms with Gasteiger partial charge in [-0.25, -0.2) is 0 Å². The van der Waals surface area contributed by atoms with Gasteiger partial charge in [-0.1, -0.05) is 197 Å². The highest BCUT2D eigenvalue weighted by molar-refractivity contribution is 6.12. The average Bonchev–Trinajstić information content (AvgIpc) is 3.91. The Morgan fingerprint density at radius 1 is 0.373 bits per heavy atom. The number of rotatable bonds is 3. The summed E-state index contributed by atoms with van der Waals surface area (Å²) in [5.74, 6) is -1.39. The van der Waals surface area contributed by atoms with Crippen LogP contribution in [0.1, 0.15) is 48.6 Å². The fraction of sp³-hybridized carbons (Fsp3) is 0.164. The minimum absolute atomic E-state index is 0.665. The Kier molecular flexibility index (Phi) is 7.07. The summed E-state index contributed by atoms with van der Waals surface area (Å²) in [7, 11) is 0. The van der Waals surface area contributed by atoms with E-state index < -0.39 is 34.6 Å². The molecule has 9 aromatic rings. The molecule has 12 rings (SSSR count). The predicted molar refractivity (Wildman–Crippen MR) is 237 cm³/mol. The van der Waals surface area contributed by atoms with E-state index in [-0.39, 0.29) is 0 Å². The van der Waals surface area contributed by atoms with Crippen molar-refractivity contribution in [1.29, 1.82) is 0 Å². The summed E-state index contributed by atoms with van der Waals surface area (Å²) in [5.41, 5.74) is 3.46. The van der Waals surface area contributed by atoms with Gasteiger partial charge in [0.1, 0.15) is 23.4 Å². The lowest BCUT2D eigenvalue weighted by molar-refractivity contribution is -0.262. The highest BCUT2D eigenvalue weighted by Crippen LogP contribution is 2.65. The Bertz CT molecular complexity index is 2850. The zero-order valence-electron chi connectivity index (χ0n) is 33.1. The average molecular weight is 767 g/mol. The van der Waals surface area contributed by atoms with Crippen molar-refractivity contribution in [2.45, 2.75) is 50.0 Å². The molecule has 1 saturated heterocycles. The molecule has 1 aliphatic heterocycles. The lowest BCUT2D eigenvalue weighted by Crippen LogP contribution is -2.53. The summed E-state index contributed by atoms with van der Waals surface area (Å²) in [6, 6.07) is 60.2. The van der Waals surface area contributed by atoms with Gasteiger partial charge < -0.3 is 19.7 Å². The molecule has 0 spiro atoms. The van der Waals surface area contributed by atoms with Crippen LogP contribution in [0.3, 0.4) is 0 Å². The van der Waals surface area contributed by atoms with Crippen LogP contribution in [0.4, 0.5) is 0 Å². The Hall–Kier alpha value is -6.14. The molecule has 2 aliphatic carbocycles. The van der Waals surface area contributed by atoms with Crippen LogP contribution >= 0.6 is 0 Å². The highest BCUT2D eigenvalue weighted by atomic mass is 16.8. The third kappa shape index (κ3) is 4.42. The molecule has 1 heterocycles. The summed E-state index contributed by atoms with van der Waals surface area (Å²) in [6.07, 6.45) is -2.21. The maximum absolute atomic E-state index is 14.3. The van der Waals surface area contributed by atoms with Crippen LogP contribution < -0.4 is 0 Å². The molecule has 0 bridgehead atoms. The van der Waals surface area contributed by atoms with Gasteiger partial charge in [0.25, 0.3) is 0 Å². The molecule has 0 aromatic heterocycles. The van der Waals surface area contributed by atoms with Gasteiger partial charge in [0.15, 0.2) is 0 Å². The van der Waals surface area contributed by atoms with E-state index in [1.807, 2.05) is 30.3 Å². The van der Waals surface area contributed by atoms with Crippen molar-refractivity contribution >= 4 is 43.1 Å². The first-order valence-corrected chi connectivity index (χ1v) is 20.6. The number of ether oxygens (including phenoxy) is 2. The SMILES string of the molecule is CC(C)(C)C1(c2ccccc2)O[C@@H](C2(O)c3ccc4ccccc4c3-c3c2ccc2ccccc32)[C@H](C2(O)c3ccc4ccccc4c3-c3c2ccc2ccccc32)O1. The van der Waals surface area contributed by atoms with E-state index in [0.717, 1.165) is 93.2 Å². The van der Waals surface area contributed by atoms with Crippen LogP contribution in [0.5, 0.6) is 0 Å². The van der Waals surface area contributed by atoms with Crippen LogP contribution in [0.15, 0.2) is 176 Å². The van der Waals surface area contributed by atoms with Crippen LogP contribution in [-0.4, -0.2) is 22.4 Å². The first kappa shape index (κ1) is 34.9. The van der Waals surface area contributed by atoms with E-state index in [4.69, 9.17) is 9.47 Å². The fourth-order valence-corrected chi connectivity index (χ4v) is 11.0. The van der Waals surface area contributed by atoms with E-state index >= 15 is 0 Å². The molecule has 1 fully saturated rings. The van der Waals surface area contributed by atoms with E-state index in [2.05, 4.69) is 166 Å². The third-order valence-corrected chi connectivity index (χ3v) is 13.7. The molecular formula is C55H42O4. The Balaban J connectivity index is 1.21. The number of fused-ring (bicyclic) bond motifs is 14. The van der Waals surface area contributed by atoms with Gasteiger partial charge in [-0.15, -0.1) is 0 Å². The van der Waals surface area contributed by atoms with Crippen LogP contribution in [-0.2, 0) is 26.5 Å². The zero-order valence-corrected chi connectivity index (χ0v) is 33.1. The lowest BCUT2D eigenvalue weighted by Gasteiger charge is -2.41. The minimum atomic E-state index is -1.77. The number of benzene rings is 9. The van der Waals surface area contributed by atoms with Crippen LogP contribution in [0.25, 0.3) is 65.3 Å². The molecule has 3 aliphatic rings. The van der Waals surface area contributed by atoms with E-state index in [1.165, 1.54) is 0 Å². The third-order valence-electron chi connectivity index (χ3n) is 13.7. The van der Waals surface area contributed by atoms with Gasteiger partial charge in [0.05, 0.1) is 0 Å². The molecule has 0 radical (unpaired) electrons. The first-order chi connectivity index (χ1) is 28.6. The van der Waals surface area contributed by atoms with Gasteiger partial charge in [-0.05, 0) is 87.6 Å². The summed E-state index contributed by atoms with van der Waals surface area (Å²) in [5, 5.41) is 37.2. The van der Waals surface area contributed by atoms with Crippen molar-refractivity contribution in [3.05, 3.63) is 204 Å². The molecular weight excluding hydrogens is 725 g/mol. The normalized spacial score (nSPS) is 19.5. The van der Waals surface area contributed by atoms with Crippen LogP contribution in [0, 0.1) is 5.41 Å². The summed E-state index contributed by atoms with van der Waals surface area (Å²) in [6.45, 7) is 6.34. The quantitative estimate of drug-likeness (QED) is 0.188. The number of aliphatic hydroxyl groups is 2. The molecule has 9 aromatic carbocycles. The van der Waals surface area contributed by atoms with Crippen molar-refractivity contribution in [2.75, 3.05) is 0 Å². The Labute approximate surface area is 342 Å². The molecule has 0 unspecified atom stereocenters. The second-order valence-corrected chi connectivity index (χ2v) is 17.7. The Morgan fingerprint density at radius 3 is 0.966 bits per heavy atom. The second kappa shape index (κ2) is 12.0. The summed E-state index contributed by atoms with van der Waals surface area (Å²) < 4.78 is 15.4. The summed E-state index contributed by atoms with van der Waals surface area (Å²) >= 11 is 0. The minimum Gasteiger partial charge on any atom is -0.377 e. The van der Waals surface area contributed by atoms with Gasteiger partial charge in [-0.2, -0.15) is 0 Å². The molecule has 0 amide bonds. The van der Waals surface area contributed by atoms with Crippen molar-refractivity contribution in [3.8, 4) is 22.3 Å². The van der Waals surface area contributed by atoms with Gasteiger partial charge in [-0.3, -0.25) is 0 Å². The summed E-state index contributed by atoms with van der Waals surface area (Å²) in [4.78, 5) is 0. The molecule has 0 saturated carbocycles. The first-order valence-electron chi connectivity index (χ1n) is 20.6. The predicted octanol–water partition coefficient (Wildman–Crippen LogP) is 12.1. The monoisotopic (exact) mass is 766 g/mol. The van der Waals surface area contributed by atoms with Crippen molar-refractivity contribution < 1.29 is 19.7 Å². The number of hydrogen-bond donors (Lipinski definition) is 2. The van der Waals surface area contributed by atoms with Crippen molar-refractivity contribution in [2.24, 2.45) is 5.41 Å². The van der Waals surface area contributed by atoms with Crippen molar-refractivity contribution in [1.82, 2.24) is 0 Å². The van der Waals surface area contributed by atoms with Gasteiger partial charge >= 0.3 is 0 Å². The molecule has 286 valence electrons. The van der Waals surface area contributed by atoms with Crippen LogP contribution in [0.2, 0.25) is 0 Å². The Morgan fingerprint density at radius 2 is 0.661 bits per heavy atom. The molecule has 4 nitrogen and oxygen atoms in total. The smallest absolute Gasteiger partial charge is 0.200 e. The molecule has 2 N–H and O–H groups in total. The molecule has 59 heavy (non-hydrogen) atoms. The van der Waals surface area contributed by atoms with E-state index in [1.54, 1.807) is 0 Å². The van der Waals surface area contributed by atoms with Gasteiger partial charge in [0.2, 0.25) is 5.79 Å². The van der Waals surface area contributed by atoms with E-state index in [0.29, 0.717) is 0 Å². The fourth-order valence-electron chi connectivity index (χ4n) is 11.0. The van der Waals surface area contributed by atoms with E-state index in [9.17, 15) is 10.2 Å². The number of hydrogen-bond acceptors (Lipinski definition) is 4. The second-order valence-electron chi connectivity index (χ2n) is 17.7. The topological polar surface area (TPSA) is 58.9 Å². The lowest BCUT2D eigenvalue weighted by atomic mass is 9.74. The van der Waals surface area contributed by atoms with Crippen molar-refractivity contribution in [3.63, 3.8) is 0 Å². The maximum atomic E-state index is 14.3. The molecule has 4 heteroatoms. The highest BCUT2D eigenvalue weighted by Gasteiger charge is 2.69.